The van der Waals surface area contributed by atoms with Crippen molar-refractivity contribution in [3.8, 4) is 0 Å². The molecule has 0 spiro atoms. The second-order valence-electron chi connectivity index (χ2n) is 1.61. The third-order valence-corrected chi connectivity index (χ3v) is 11.4. The molecule has 0 aliphatic carbocycles. The highest BCUT2D eigenvalue weighted by Gasteiger charge is 2.56. The zero-order valence-corrected chi connectivity index (χ0v) is 15.7. The summed E-state index contributed by atoms with van der Waals surface area (Å²) in [6, 6.07) is 0. The van der Waals surface area contributed by atoms with Crippen molar-refractivity contribution in [1.29, 1.82) is 0 Å². The largest absolute Gasteiger partial charge is 0.367 e. The van der Waals surface area contributed by atoms with Crippen molar-refractivity contribution < 1.29 is 5.11 Å². The van der Waals surface area contributed by atoms with E-state index >= 15 is 0 Å². The predicted octanol–water partition coefficient (Wildman–Crippen LogP) is 4.75. The van der Waals surface area contributed by atoms with E-state index in [1.165, 1.54) is 0 Å². The molecule has 1 N–H and O–H groups in total. The summed E-state index contributed by atoms with van der Waals surface area (Å²) in [5, 5.41) is 9.53. The Morgan fingerprint density at radius 1 is 0.727 bits per heavy atom. The van der Waals surface area contributed by atoms with Gasteiger partial charge in [-0.05, 0) is 31.9 Å². The molecule has 0 aromatic heterocycles. The molecule has 8 heteroatoms. The molecule has 0 rings (SSSR count). The van der Waals surface area contributed by atoms with Crippen LogP contribution in [-0.2, 0) is 0 Å². The van der Waals surface area contributed by atoms with Gasteiger partial charge in [0.2, 0.25) is 3.42 Å². The Balaban J connectivity index is 4.75. The molecule has 0 atom stereocenters. The summed E-state index contributed by atoms with van der Waals surface area (Å²) in [4.78, 5) is 0. The van der Waals surface area contributed by atoms with E-state index < -0.39 is 8.80 Å². The third-order valence-electron chi connectivity index (χ3n) is 0.734. The zero-order chi connectivity index (χ0) is 9.50. The Morgan fingerprint density at radius 3 is 1.00 bits per heavy atom. The van der Waals surface area contributed by atoms with E-state index in [4.69, 9.17) is 0 Å². The molecule has 0 aromatic rings. The van der Waals surface area contributed by atoms with E-state index in [1.807, 2.05) is 0 Å². The van der Waals surface area contributed by atoms with Crippen LogP contribution in [0.25, 0.3) is 0 Å². The Bertz CT molecular complexity index is 125. The summed E-state index contributed by atoms with van der Waals surface area (Å²) >= 11 is 22.3. The first-order chi connectivity index (χ1) is 4.50. The highest BCUT2D eigenvalue weighted by atomic mass is 80.0. The second kappa shape index (κ2) is 4.45. The average Bonchev–Trinajstić information content (AvgIpc) is 1.58. The molecule has 11 heavy (non-hydrogen) atoms. The minimum atomic E-state index is -1.30. The van der Waals surface area contributed by atoms with Gasteiger partial charge >= 0.3 is 0 Å². The molecule has 0 saturated carbocycles. The minimum absolute atomic E-state index is 0.693. The first-order valence-electron chi connectivity index (χ1n) is 2.05. The SMILES string of the molecule is OC(Br)(Br)C(Br)(Br)C(Br)(Br)Br. The van der Waals surface area contributed by atoms with Crippen molar-refractivity contribution in [3.63, 3.8) is 0 Å². The number of hydrogen-bond donors (Lipinski definition) is 1. The molecular formula is C3HBr7O. The van der Waals surface area contributed by atoms with Crippen molar-refractivity contribution in [2.45, 2.75) is 8.80 Å². The maximum absolute atomic E-state index is 9.53. The maximum Gasteiger partial charge on any atom is 0.203 e. The molecule has 0 radical (unpaired) electrons. The van der Waals surface area contributed by atoms with E-state index in [-0.39, 0.29) is 0 Å². The van der Waals surface area contributed by atoms with E-state index in [9.17, 15) is 5.11 Å². The summed E-state index contributed by atoms with van der Waals surface area (Å²) in [6.07, 6.45) is 0. The highest BCUT2D eigenvalue weighted by Crippen LogP contribution is 2.61. The Kier molecular flexibility index (Phi) is 5.79. The van der Waals surface area contributed by atoms with Gasteiger partial charge in [0.05, 0.1) is 0 Å². The Morgan fingerprint density at radius 2 is 1.00 bits per heavy atom. The van der Waals surface area contributed by atoms with Crippen LogP contribution in [0, 0.1) is 0 Å². The highest BCUT2D eigenvalue weighted by molar-refractivity contribution is 9.42. The van der Waals surface area contributed by atoms with E-state index in [1.54, 1.807) is 0 Å². The molecule has 0 amide bonds. The van der Waals surface area contributed by atoms with Gasteiger partial charge in [0.15, 0.2) is 5.38 Å². The van der Waals surface area contributed by atoms with Crippen molar-refractivity contribution >= 4 is 112 Å². The van der Waals surface area contributed by atoms with Crippen molar-refractivity contribution in [2.75, 3.05) is 0 Å². The quantitative estimate of drug-likeness (QED) is 0.425. The van der Waals surface area contributed by atoms with Crippen LogP contribution < -0.4 is 0 Å². The van der Waals surface area contributed by atoms with Gasteiger partial charge in [0, 0.05) is 0 Å². The summed E-state index contributed by atoms with van der Waals surface area (Å²) in [6.45, 7) is 0. The van der Waals surface area contributed by atoms with E-state index in [2.05, 4.69) is 112 Å². The first-order valence-corrected chi connectivity index (χ1v) is 7.60. The first kappa shape index (κ1) is 14.3. The fourth-order valence-electron chi connectivity index (χ4n) is 0.171. The summed E-state index contributed by atoms with van der Waals surface area (Å²) < 4.78 is -2.86. The van der Waals surface area contributed by atoms with Gasteiger partial charge in [0.25, 0.3) is 0 Å². The van der Waals surface area contributed by atoms with Gasteiger partial charge in [0.1, 0.15) is 0 Å². The Hall–Kier alpha value is 3.32. The minimum Gasteiger partial charge on any atom is -0.367 e. The van der Waals surface area contributed by atoms with E-state index in [0.29, 0.717) is 0 Å². The topological polar surface area (TPSA) is 20.2 Å². The number of hydrogen-bond acceptors (Lipinski definition) is 1. The van der Waals surface area contributed by atoms with E-state index in [0.717, 1.165) is 0 Å². The fraction of sp³-hybridized carbons (Fsp3) is 1.00. The molecule has 0 bridgehead atoms. The molecule has 0 saturated heterocycles. The van der Waals surface area contributed by atoms with Crippen molar-refractivity contribution in [2.24, 2.45) is 0 Å². The van der Waals surface area contributed by atoms with Gasteiger partial charge < -0.3 is 5.11 Å². The van der Waals surface area contributed by atoms with Crippen LogP contribution in [0.1, 0.15) is 0 Å². The van der Waals surface area contributed by atoms with Crippen LogP contribution in [0.4, 0.5) is 0 Å². The summed E-state index contributed by atoms with van der Waals surface area (Å²) in [7, 11) is 0. The molecule has 0 aliphatic rings. The Labute approximate surface area is 123 Å². The lowest BCUT2D eigenvalue weighted by atomic mass is 10.5. The molecule has 1 nitrogen and oxygen atoms in total. The lowest BCUT2D eigenvalue weighted by Crippen LogP contribution is -2.44. The molecular weight excluding hydrogens is 611 g/mol. The van der Waals surface area contributed by atoms with Crippen molar-refractivity contribution in [1.82, 2.24) is 0 Å². The van der Waals surface area contributed by atoms with Gasteiger partial charge in [-0.3, -0.25) is 0 Å². The van der Waals surface area contributed by atoms with Crippen LogP contribution in [0.15, 0.2) is 0 Å². The monoisotopic (exact) mass is 605 g/mol. The smallest absolute Gasteiger partial charge is 0.203 e. The second-order valence-corrected chi connectivity index (χ2v) is 15.2. The number of aliphatic hydroxyl groups is 1. The number of rotatable bonds is 1. The zero-order valence-electron chi connectivity index (χ0n) is 4.59. The normalized spacial score (nSPS) is 15.3. The molecule has 0 aliphatic heterocycles. The molecule has 0 fully saturated rings. The van der Waals surface area contributed by atoms with Crippen LogP contribution in [0.5, 0.6) is 0 Å². The molecule has 68 valence electrons. The lowest BCUT2D eigenvalue weighted by molar-refractivity contribution is 0.238. The molecule has 0 aromatic carbocycles. The van der Waals surface area contributed by atoms with Gasteiger partial charge in [-0.15, -0.1) is 0 Å². The van der Waals surface area contributed by atoms with Gasteiger partial charge in [-0.1, -0.05) is 79.6 Å². The van der Waals surface area contributed by atoms with Gasteiger partial charge in [-0.2, -0.15) is 0 Å². The maximum atomic E-state index is 9.53. The van der Waals surface area contributed by atoms with Crippen LogP contribution >= 0.6 is 112 Å². The van der Waals surface area contributed by atoms with Crippen LogP contribution in [-0.4, -0.2) is 13.9 Å². The molecule has 0 unspecified atom stereocenters. The summed E-state index contributed by atoms with van der Waals surface area (Å²) in [5.41, 5.74) is 0. The summed E-state index contributed by atoms with van der Waals surface area (Å²) in [5.74, 6) is 0. The van der Waals surface area contributed by atoms with Crippen LogP contribution in [0.3, 0.4) is 0 Å². The predicted molar refractivity (Wildman–Crippen MR) is 72.9 cm³/mol. The fourth-order valence-corrected chi connectivity index (χ4v) is 3.22. The average molecular weight is 612 g/mol. The van der Waals surface area contributed by atoms with Crippen molar-refractivity contribution in [3.05, 3.63) is 0 Å². The number of halogens is 7. The standard InChI is InChI=1S/C3HBr7O/c4-1(5,2(6,7)8)3(9,10)11/h11H. The van der Waals surface area contributed by atoms with Gasteiger partial charge in [-0.25, -0.2) is 0 Å². The third kappa shape index (κ3) is 3.76. The molecule has 0 heterocycles. The number of alkyl halides is 7. The van der Waals surface area contributed by atoms with Crippen LogP contribution in [0.2, 0.25) is 0 Å². The lowest BCUT2D eigenvalue weighted by Gasteiger charge is -2.36.